The van der Waals surface area contributed by atoms with Crippen molar-refractivity contribution in [3.8, 4) is 0 Å². The maximum Gasteiger partial charge on any atom is 0.223 e. The molecule has 1 aromatic heterocycles. The Bertz CT molecular complexity index is 707. The lowest BCUT2D eigenvalue weighted by Crippen LogP contribution is -2.40. The number of nitrogens with zero attached hydrogens (tertiary/aromatic N) is 2. The van der Waals surface area contributed by atoms with E-state index in [2.05, 4.69) is 29.0 Å². The summed E-state index contributed by atoms with van der Waals surface area (Å²) in [6.45, 7) is 6.66. The molecule has 0 unspecified atom stereocenters. The van der Waals surface area contributed by atoms with Crippen LogP contribution in [0.3, 0.4) is 0 Å². The third-order valence-corrected chi connectivity index (χ3v) is 5.60. The van der Waals surface area contributed by atoms with Crippen molar-refractivity contribution >= 4 is 32.6 Å². The molecule has 0 radical (unpaired) electrons. The van der Waals surface area contributed by atoms with E-state index >= 15 is 0 Å². The molecule has 1 aliphatic rings. The average molecular weight is 349 g/mol. The molecule has 0 spiro atoms. The number of rotatable bonds is 5. The van der Waals surface area contributed by atoms with E-state index in [1.807, 2.05) is 6.07 Å². The van der Waals surface area contributed by atoms with Crippen molar-refractivity contribution in [2.45, 2.75) is 33.1 Å². The Kier molecular flexibility index (Phi) is 5.33. The average Bonchev–Trinajstić information content (AvgIpc) is 3.00. The number of thiazole rings is 1. The Morgan fingerprint density at radius 1 is 1.42 bits per heavy atom. The number of piperidine rings is 1. The van der Waals surface area contributed by atoms with Crippen molar-refractivity contribution in [1.29, 1.82) is 0 Å². The number of amides is 1. The van der Waals surface area contributed by atoms with E-state index in [0.717, 1.165) is 48.7 Å². The number of para-hydroxylation sites is 1. The molecule has 1 aromatic carbocycles. The van der Waals surface area contributed by atoms with Crippen LogP contribution in [0, 0.1) is 17.7 Å². The number of carbonyl (C=O) groups excluding carboxylic acids is 1. The second-order valence-electron chi connectivity index (χ2n) is 6.82. The molecule has 1 N–H and O–H groups in total. The minimum absolute atomic E-state index is 0.0829. The summed E-state index contributed by atoms with van der Waals surface area (Å²) in [7, 11) is 0. The third-order valence-electron chi connectivity index (χ3n) is 4.52. The molecule has 1 amide bonds. The third kappa shape index (κ3) is 3.86. The van der Waals surface area contributed by atoms with Crippen LogP contribution in [-0.4, -0.2) is 30.5 Å². The highest BCUT2D eigenvalue weighted by Gasteiger charge is 2.26. The first-order valence-corrected chi connectivity index (χ1v) is 9.44. The van der Waals surface area contributed by atoms with Crippen LogP contribution in [0.15, 0.2) is 18.2 Å². The van der Waals surface area contributed by atoms with Gasteiger partial charge in [0.25, 0.3) is 0 Å². The summed E-state index contributed by atoms with van der Waals surface area (Å²) >= 11 is 1.52. The highest BCUT2D eigenvalue weighted by molar-refractivity contribution is 7.22. The highest BCUT2D eigenvalue weighted by atomic mass is 32.1. The van der Waals surface area contributed by atoms with Crippen molar-refractivity contribution in [2.24, 2.45) is 11.8 Å². The lowest BCUT2D eigenvalue weighted by Gasteiger charge is -2.31. The van der Waals surface area contributed by atoms with Crippen LogP contribution in [-0.2, 0) is 4.79 Å². The smallest absolute Gasteiger partial charge is 0.223 e. The van der Waals surface area contributed by atoms with Crippen LogP contribution in [0.25, 0.3) is 10.2 Å². The van der Waals surface area contributed by atoms with E-state index in [0.29, 0.717) is 11.4 Å². The maximum atomic E-state index is 13.8. The zero-order valence-electron chi connectivity index (χ0n) is 14.2. The van der Waals surface area contributed by atoms with Crippen molar-refractivity contribution in [2.75, 3.05) is 24.5 Å². The van der Waals surface area contributed by atoms with Gasteiger partial charge in [-0.1, -0.05) is 31.3 Å². The molecule has 0 aliphatic carbocycles. The van der Waals surface area contributed by atoms with Crippen molar-refractivity contribution in [1.82, 2.24) is 10.3 Å². The number of anilines is 1. The molecule has 1 fully saturated rings. The molecule has 130 valence electrons. The first-order valence-electron chi connectivity index (χ1n) is 8.62. The molecular weight excluding hydrogens is 325 g/mol. The summed E-state index contributed by atoms with van der Waals surface area (Å²) in [6.07, 6.45) is 2.67. The molecule has 3 rings (SSSR count). The fourth-order valence-electron chi connectivity index (χ4n) is 3.00. The summed E-state index contributed by atoms with van der Waals surface area (Å²) in [5, 5.41) is 3.90. The lowest BCUT2D eigenvalue weighted by molar-refractivity contribution is -0.125. The van der Waals surface area contributed by atoms with Crippen LogP contribution >= 0.6 is 11.3 Å². The van der Waals surface area contributed by atoms with Gasteiger partial charge >= 0.3 is 0 Å². The van der Waals surface area contributed by atoms with Crippen molar-refractivity contribution in [3.63, 3.8) is 0 Å². The number of aromatic nitrogens is 1. The SMILES string of the molecule is CC(C)CCNC(=O)C1CCN(c2nc3c(F)cccc3s2)CC1. The molecule has 1 aliphatic heterocycles. The minimum Gasteiger partial charge on any atom is -0.356 e. The van der Waals surface area contributed by atoms with Crippen LogP contribution in [0.4, 0.5) is 9.52 Å². The number of nitrogens with one attached hydrogen (secondary N) is 1. The normalized spacial score (nSPS) is 16.1. The number of benzene rings is 1. The number of carbonyl (C=O) groups is 1. The standard InChI is InChI=1S/C18H24FN3OS/c1-12(2)6-9-20-17(23)13-7-10-22(11-8-13)18-21-16-14(19)4-3-5-15(16)24-18/h3-5,12-13H,6-11H2,1-2H3,(H,20,23). The van der Waals surface area contributed by atoms with Gasteiger partial charge in [-0.25, -0.2) is 9.37 Å². The summed E-state index contributed by atoms with van der Waals surface area (Å²) in [5.74, 6) is 0.589. The predicted molar refractivity (Wildman–Crippen MR) is 97.0 cm³/mol. The van der Waals surface area contributed by atoms with Gasteiger partial charge in [-0.2, -0.15) is 0 Å². The van der Waals surface area contributed by atoms with Gasteiger partial charge in [0.1, 0.15) is 11.3 Å². The first-order chi connectivity index (χ1) is 11.5. The summed E-state index contributed by atoms with van der Waals surface area (Å²) in [5.41, 5.74) is 0.450. The predicted octanol–water partition coefficient (Wildman–Crippen LogP) is 3.81. The molecule has 4 nitrogen and oxygen atoms in total. The highest BCUT2D eigenvalue weighted by Crippen LogP contribution is 2.32. The fraction of sp³-hybridized carbons (Fsp3) is 0.556. The van der Waals surface area contributed by atoms with Gasteiger partial charge in [-0.3, -0.25) is 4.79 Å². The van der Waals surface area contributed by atoms with Gasteiger partial charge in [0, 0.05) is 25.6 Å². The Balaban J connectivity index is 1.56. The van der Waals surface area contributed by atoms with Crippen LogP contribution < -0.4 is 10.2 Å². The summed E-state index contributed by atoms with van der Waals surface area (Å²) in [6, 6.07) is 5.06. The summed E-state index contributed by atoms with van der Waals surface area (Å²) in [4.78, 5) is 18.8. The van der Waals surface area contributed by atoms with Gasteiger partial charge in [-0.05, 0) is 37.3 Å². The molecule has 24 heavy (non-hydrogen) atoms. The second-order valence-corrected chi connectivity index (χ2v) is 7.83. The van der Waals surface area contributed by atoms with E-state index in [1.165, 1.54) is 17.4 Å². The topological polar surface area (TPSA) is 45.2 Å². The Hall–Kier alpha value is -1.69. The van der Waals surface area contributed by atoms with Crippen LogP contribution in [0.1, 0.15) is 33.1 Å². The molecule has 2 heterocycles. The molecule has 2 aromatic rings. The number of hydrogen-bond donors (Lipinski definition) is 1. The van der Waals surface area contributed by atoms with Gasteiger partial charge in [-0.15, -0.1) is 0 Å². The van der Waals surface area contributed by atoms with Crippen molar-refractivity contribution in [3.05, 3.63) is 24.0 Å². The van der Waals surface area contributed by atoms with E-state index < -0.39 is 0 Å². The fourth-order valence-corrected chi connectivity index (χ4v) is 4.03. The largest absolute Gasteiger partial charge is 0.356 e. The molecule has 0 saturated carbocycles. The minimum atomic E-state index is -0.269. The quantitative estimate of drug-likeness (QED) is 0.893. The Morgan fingerprint density at radius 3 is 2.83 bits per heavy atom. The van der Waals surface area contributed by atoms with E-state index in [-0.39, 0.29) is 17.6 Å². The van der Waals surface area contributed by atoms with E-state index in [1.54, 1.807) is 6.07 Å². The number of hydrogen-bond acceptors (Lipinski definition) is 4. The summed E-state index contributed by atoms with van der Waals surface area (Å²) < 4.78 is 14.7. The number of halogens is 1. The molecule has 0 bridgehead atoms. The molecule has 1 saturated heterocycles. The lowest BCUT2D eigenvalue weighted by atomic mass is 9.96. The van der Waals surface area contributed by atoms with E-state index in [4.69, 9.17) is 0 Å². The number of fused-ring (bicyclic) bond motifs is 1. The zero-order valence-corrected chi connectivity index (χ0v) is 15.0. The van der Waals surface area contributed by atoms with Gasteiger partial charge in [0.15, 0.2) is 5.13 Å². The van der Waals surface area contributed by atoms with Crippen LogP contribution in [0.5, 0.6) is 0 Å². The zero-order chi connectivity index (χ0) is 17.1. The van der Waals surface area contributed by atoms with Gasteiger partial charge in [0.05, 0.1) is 4.70 Å². The van der Waals surface area contributed by atoms with Gasteiger partial charge < -0.3 is 10.2 Å². The molecule has 6 heteroatoms. The monoisotopic (exact) mass is 349 g/mol. The molecular formula is C18H24FN3OS. The Morgan fingerprint density at radius 2 is 2.17 bits per heavy atom. The maximum absolute atomic E-state index is 13.8. The Labute approximate surface area is 146 Å². The molecule has 0 atom stereocenters. The second kappa shape index (κ2) is 7.47. The van der Waals surface area contributed by atoms with Gasteiger partial charge in [0.2, 0.25) is 5.91 Å². The van der Waals surface area contributed by atoms with E-state index in [9.17, 15) is 9.18 Å². The van der Waals surface area contributed by atoms with Crippen molar-refractivity contribution < 1.29 is 9.18 Å². The van der Waals surface area contributed by atoms with Crippen LogP contribution in [0.2, 0.25) is 0 Å². The first kappa shape index (κ1) is 17.1.